The molecular weight excluding hydrogens is 666 g/mol. The van der Waals surface area contributed by atoms with E-state index in [2.05, 4.69) is 12.0 Å². The number of imide groups is 2. The number of anilines is 2. The molecule has 5 aliphatic rings. The first-order valence-electron chi connectivity index (χ1n) is 18.0. The smallest absolute Gasteiger partial charge is 0.260 e. The molecule has 4 amide bonds. The molecule has 9 nitrogen and oxygen atoms in total. The van der Waals surface area contributed by atoms with Gasteiger partial charge in [-0.3, -0.25) is 29.5 Å². The summed E-state index contributed by atoms with van der Waals surface area (Å²) >= 11 is 0. The van der Waals surface area contributed by atoms with Crippen LogP contribution >= 0.6 is 0 Å². The molecular formula is C44H37N3O6. The number of aromatic hydroxyl groups is 1. The predicted octanol–water partition coefficient (Wildman–Crippen LogP) is 6.88. The van der Waals surface area contributed by atoms with Gasteiger partial charge >= 0.3 is 0 Å². The number of hydrazine groups is 1. The van der Waals surface area contributed by atoms with E-state index >= 15 is 4.79 Å². The minimum atomic E-state index is -1.40. The zero-order chi connectivity index (χ0) is 36.6. The summed E-state index contributed by atoms with van der Waals surface area (Å²) in [5.41, 5.74) is 7.75. The van der Waals surface area contributed by atoms with Crippen LogP contribution in [0.5, 0.6) is 11.5 Å². The minimum absolute atomic E-state index is 0.0855. The van der Waals surface area contributed by atoms with Gasteiger partial charge in [0.05, 0.1) is 40.8 Å². The van der Waals surface area contributed by atoms with Crippen LogP contribution in [0.4, 0.5) is 11.4 Å². The molecule has 0 bridgehead atoms. The van der Waals surface area contributed by atoms with E-state index in [4.69, 9.17) is 4.74 Å². The Bertz CT molecular complexity index is 2280. The van der Waals surface area contributed by atoms with Crippen molar-refractivity contribution in [2.75, 3.05) is 10.3 Å². The monoisotopic (exact) mass is 703 g/mol. The number of hydrogen-bond acceptors (Lipinski definition) is 7. The fourth-order valence-electron chi connectivity index (χ4n) is 9.58. The number of phenols is 1. The predicted molar refractivity (Wildman–Crippen MR) is 199 cm³/mol. The average Bonchev–Trinajstić information content (AvgIpc) is 3.56. The summed E-state index contributed by atoms with van der Waals surface area (Å²) in [6.07, 6.45) is 6.27. The Kier molecular flexibility index (Phi) is 7.51. The molecule has 6 atom stereocenters. The molecule has 9 rings (SSSR count). The molecule has 0 spiro atoms. The molecule has 0 unspecified atom stereocenters. The highest BCUT2D eigenvalue weighted by atomic mass is 16.5. The molecule has 53 heavy (non-hydrogen) atoms. The Morgan fingerprint density at radius 1 is 0.887 bits per heavy atom. The highest BCUT2D eigenvalue weighted by molar-refractivity contribution is 6.22. The second-order valence-corrected chi connectivity index (χ2v) is 14.7. The number of benzene rings is 4. The Morgan fingerprint density at radius 2 is 1.64 bits per heavy atom. The van der Waals surface area contributed by atoms with E-state index in [0.29, 0.717) is 35.5 Å². The number of allylic oxidation sites excluding steroid dienone is 3. The van der Waals surface area contributed by atoms with E-state index in [1.807, 2.05) is 79.7 Å². The van der Waals surface area contributed by atoms with Crippen molar-refractivity contribution in [3.05, 3.63) is 149 Å². The normalized spacial score (nSPS) is 27.2. The molecule has 1 saturated carbocycles. The summed E-state index contributed by atoms with van der Waals surface area (Å²) in [6, 6.07) is 29.0. The van der Waals surface area contributed by atoms with Gasteiger partial charge < -0.3 is 9.84 Å². The fraction of sp³-hybridized carbons (Fsp3) is 0.227. The van der Waals surface area contributed by atoms with Crippen LogP contribution in [0.15, 0.2) is 127 Å². The lowest BCUT2D eigenvalue weighted by Gasteiger charge is -2.51. The highest BCUT2D eigenvalue weighted by Gasteiger charge is 2.70. The van der Waals surface area contributed by atoms with E-state index in [1.54, 1.807) is 42.7 Å². The summed E-state index contributed by atoms with van der Waals surface area (Å²) in [6.45, 7) is 5.78. The summed E-state index contributed by atoms with van der Waals surface area (Å²) < 4.78 is 6.21. The largest absolute Gasteiger partial charge is 0.508 e. The summed E-state index contributed by atoms with van der Waals surface area (Å²) in [5.74, 6) is -4.09. The maximum Gasteiger partial charge on any atom is 0.260 e. The maximum absolute atomic E-state index is 15.4. The number of hydrogen-bond donors (Lipinski definition) is 2. The van der Waals surface area contributed by atoms with Gasteiger partial charge in [-0.1, -0.05) is 84.5 Å². The van der Waals surface area contributed by atoms with Crippen LogP contribution in [0.25, 0.3) is 6.08 Å². The van der Waals surface area contributed by atoms with Gasteiger partial charge in [0.2, 0.25) is 11.8 Å². The number of carbonyl (C=O) groups is 4. The molecule has 4 aromatic carbocycles. The molecule has 3 aliphatic heterocycles. The number of ether oxygens (including phenoxy) is 1. The van der Waals surface area contributed by atoms with Crippen molar-refractivity contribution in [2.24, 2.45) is 29.6 Å². The zero-order valence-electron chi connectivity index (χ0n) is 29.1. The van der Waals surface area contributed by atoms with Crippen molar-refractivity contribution in [3.8, 4) is 11.5 Å². The van der Waals surface area contributed by atoms with E-state index in [-0.39, 0.29) is 24.0 Å². The lowest BCUT2D eigenvalue weighted by molar-refractivity contribution is -0.139. The first-order valence-corrected chi connectivity index (χ1v) is 18.0. The van der Waals surface area contributed by atoms with Crippen molar-refractivity contribution in [2.45, 2.75) is 31.6 Å². The van der Waals surface area contributed by atoms with Crippen LogP contribution in [0, 0.1) is 36.5 Å². The molecule has 4 aromatic rings. The number of amides is 4. The average molecular weight is 704 g/mol. The van der Waals surface area contributed by atoms with E-state index in [0.717, 1.165) is 32.8 Å². The van der Waals surface area contributed by atoms with Gasteiger partial charge in [-0.05, 0) is 84.8 Å². The quantitative estimate of drug-likeness (QED) is 0.166. The van der Waals surface area contributed by atoms with Crippen molar-refractivity contribution < 1.29 is 29.0 Å². The van der Waals surface area contributed by atoms with Crippen molar-refractivity contribution >= 4 is 41.1 Å². The SMILES string of the molecule is C=Cc1ccc(N2C(=O)[C@H]3[C@H](CC=C4[C@H](C5=COc6ccc(O)cc6C5)[C@]5(c6ccccc6)C(=O)N(Nc6ccc(C)cc6)C(=O)[C@@H]5C[C@H]43)C2=O)cc1. The lowest BCUT2D eigenvalue weighted by Crippen LogP contribution is -2.55. The van der Waals surface area contributed by atoms with Gasteiger partial charge in [-0.15, -0.1) is 0 Å². The number of carbonyl (C=O) groups excluding carboxylic acids is 4. The first kappa shape index (κ1) is 32.7. The van der Waals surface area contributed by atoms with Gasteiger partial charge in [-0.2, -0.15) is 5.01 Å². The molecule has 2 aliphatic carbocycles. The van der Waals surface area contributed by atoms with Gasteiger partial charge in [-0.25, -0.2) is 0 Å². The second-order valence-electron chi connectivity index (χ2n) is 14.7. The topological polar surface area (TPSA) is 116 Å². The standard InChI is InChI=1S/C44H37N3O6/c1-3-26-11-15-31(16-12-26)46-40(49)34-19-18-33-35(38(34)42(46)51)23-36-41(50)47(45-30-13-9-25(2)10-14-30)43(52)44(36,29-7-5-4-6-8-29)39(33)28-21-27-22-32(48)17-20-37(27)53-24-28/h3-18,20,22,24,34-36,38-39,45,48H,1,19,21,23H2,2H3/t34-,35+,36-,38-,39-,44+/m0/s1. The molecule has 0 radical (unpaired) electrons. The van der Waals surface area contributed by atoms with Crippen LogP contribution in [0.3, 0.4) is 0 Å². The van der Waals surface area contributed by atoms with Crippen LogP contribution in [0.1, 0.15) is 35.1 Å². The third-order valence-electron chi connectivity index (χ3n) is 11.9. The van der Waals surface area contributed by atoms with Gasteiger partial charge in [0.1, 0.15) is 11.5 Å². The van der Waals surface area contributed by atoms with Crippen LogP contribution in [-0.4, -0.2) is 33.7 Å². The van der Waals surface area contributed by atoms with Crippen LogP contribution in [-0.2, 0) is 31.0 Å². The number of aryl methyl sites for hydroxylation is 1. The third-order valence-corrected chi connectivity index (χ3v) is 11.9. The molecule has 9 heteroatoms. The Labute approximate surface area is 306 Å². The van der Waals surface area contributed by atoms with Gasteiger partial charge in [0.15, 0.2) is 0 Å². The number of rotatable bonds is 6. The number of nitrogens with one attached hydrogen (secondary N) is 1. The fourth-order valence-corrected chi connectivity index (χ4v) is 9.58. The van der Waals surface area contributed by atoms with Gasteiger partial charge in [0, 0.05) is 17.9 Å². The second kappa shape index (κ2) is 12.2. The van der Waals surface area contributed by atoms with E-state index in [9.17, 15) is 19.5 Å². The Hall–Kier alpha value is -6.22. The summed E-state index contributed by atoms with van der Waals surface area (Å²) in [7, 11) is 0. The molecule has 3 fully saturated rings. The van der Waals surface area contributed by atoms with Crippen molar-refractivity contribution in [1.29, 1.82) is 0 Å². The van der Waals surface area contributed by atoms with Crippen molar-refractivity contribution in [3.63, 3.8) is 0 Å². The molecule has 3 heterocycles. The Balaban J connectivity index is 1.21. The first-order chi connectivity index (χ1) is 25.7. The van der Waals surface area contributed by atoms with E-state index < -0.39 is 46.8 Å². The molecule has 264 valence electrons. The number of phenolic OH excluding ortho intramolecular Hbond substituents is 1. The van der Waals surface area contributed by atoms with Crippen LogP contribution in [0.2, 0.25) is 0 Å². The molecule has 2 N–H and O–H groups in total. The lowest BCUT2D eigenvalue weighted by atomic mass is 9.48. The summed E-state index contributed by atoms with van der Waals surface area (Å²) in [4.78, 5) is 60.3. The maximum atomic E-state index is 15.4. The van der Waals surface area contributed by atoms with Crippen molar-refractivity contribution in [1.82, 2.24) is 5.01 Å². The van der Waals surface area contributed by atoms with E-state index in [1.165, 1.54) is 4.90 Å². The summed E-state index contributed by atoms with van der Waals surface area (Å²) in [5, 5.41) is 11.6. The highest BCUT2D eigenvalue weighted by Crippen LogP contribution is 2.63. The molecule has 2 saturated heterocycles. The third kappa shape index (κ3) is 4.83. The van der Waals surface area contributed by atoms with Gasteiger partial charge in [0.25, 0.3) is 11.8 Å². The Morgan fingerprint density at radius 3 is 2.38 bits per heavy atom. The minimum Gasteiger partial charge on any atom is -0.508 e. The number of nitrogens with zero attached hydrogens (tertiary/aromatic N) is 2. The zero-order valence-corrected chi connectivity index (χ0v) is 29.1. The molecule has 0 aromatic heterocycles. The number of fused-ring (bicyclic) bond motifs is 5. The van der Waals surface area contributed by atoms with Crippen LogP contribution < -0.4 is 15.1 Å².